The number of rotatable bonds is 4. The lowest BCUT2D eigenvalue weighted by Gasteiger charge is -2.38. The van der Waals surface area contributed by atoms with Gasteiger partial charge in [-0.3, -0.25) is 0 Å². The first kappa shape index (κ1) is 15.4. The van der Waals surface area contributed by atoms with E-state index in [1.807, 2.05) is 22.9 Å². The van der Waals surface area contributed by atoms with Gasteiger partial charge in [-0.25, -0.2) is 0 Å². The van der Waals surface area contributed by atoms with Crippen molar-refractivity contribution in [2.75, 3.05) is 13.3 Å². The molecular weight excluding hydrogens is 306 g/mol. The molecule has 0 spiro atoms. The predicted molar refractivity (Wildman–Crippen MR) is 88.3 cm³/mol. The van der Waals surface area contributed by atoms with Crippen molar-refractivity contribution in [3.8, 4) is 17.2 Å². The SMILES string of the molecule is CCNC1(c2nnnn2-c2ccc3c(c2)OCO3)CCC(C)CC1. The summed E-state index contributed by atoms with van der Waals surface area (Å²) in [6.45, 7) is 5.61. The molecule has 2 aliphatic rings. The van der Waals surface area contributed by atoms with Crippen molar-refractivity contribution in [1.82, 2.24) is 25.5 Å². The molecule has 7 nitrogen and oxygen atoms in total. The van der Waals surface area contributed by atoms with Gasteiger partial charge in [-0.05, 0) is 60.7 Å². The smallest absolute Gasteiger partial charge is 0.231 e. The highest BCUT2D eigenvalue weighted by molar-refractivity contribution is 5.50. The molecule has 1 saturated carbocycles. The minimum atomic E-state index is -0.166. The fraction of sp³-hybridized carbons (Fsp3) is 0.588. The highest BCUT2D eigenvalue weighted by atomic mass is 16.7. The van der Waals surface area contributed by atoms with Crippen LogP contribution >= 0.6 is 0 Å². The number of ether oxygens (including phenoxy) is 2. The molecule has 1 fully saturated rings. The molecule has 1 aliphatic carbocycles. The van der Waals surface area contributed by atoms with Crippen molar-refractivity contribution >= 4 is 0 Å². The van der Waals surface area contributed by atoms with E-state index >= 15 is 0 Å². The van der Waals surface area contributed by atoms with Crippen LogP contribution in [0.3, 0.4) is 0 Å². The molecule has 4 rings (SSSR count). The van der Waals surface area contributed by atoms with Crippen LogP contribution in [0.2, 0.25) is 0 Å². The second-order valence-electron chi connectivity index (χ2n) is 6.75. The number of nitrogens with one attached hydrogen (secondary N) is 1. The van der Waals surface area contributed by atoms with Crippen LogP contribution in [0.15, 0.2) is 18.2 Å². The summed E-state index contributed by atoms with van der Waals surface area (Å²) in [6, 6.07) is 5.82. The van der Waals surface area contributed by atoms with Gasteiger partial charge in [0.15, 0.2) is 17.3 Å². The van der Waals surface area contributed by atoms with E-state index in [4.69, 9.17) is 9.47 Å². The maximum atomic E-state index is 5.49. The molecule has 1 aliphatic heterocycles. The van der Waals surface area contributed by atoms with Crippen molar-refractivity contribution in [3.63, 3.8) is 0 Å². The lowest BCUT2D eigenvalue weighted by atomic mass is 9.76. The van der Waals surface area contributed by atoms with E-state index in [0.29, 0.717) is 0 Å². The van der Waals surface area contributed by atoms with Gasteiger partial charge < -0.3 is 14.8 Å². The van der Waals surface area contributed by atoms with E-state index in [0.717, 1.165) is 48.3 Å². The van der Waals surface area contributed by atoms with Gasteiger partial charge in [0, 0.05) is 6.07 Å². The van der Waals surface area contributed by atoms with Crippen LogP contribution in [0.25, 0.3) is 5.69 Å². The Kier molecular flexibility index (Phi) is 3.88. The van der Waals surface area contributed by atoms with E-state index in [1.165, 1.54) is 12.8 Å². The number of benzene rings is 1. The Morgan fingerprint density at radius 1 is 1.25 bits per heavy atom. The van der Waals surface area contributed by atoms with Crippen LogP contribution < -0.4 is 14.8 Å². The van der Waals surface area contributed by atoms with Gasteiger partial charge in [-0.2, -0.15) is 4.68 Å². The molecule has 128 valence electrons. The zero-order chi connectivity index (χ0) is 16.6. The van der Waals surface area contributed by atoms with E-state index in [-0.39, 0.29) is 12.3 Å². The zero-order valence-electron chi connectivity index (χ0n) is 14.2. The Labute approximate surface area is 141 Å². The average Bonchev–Trinajstić information content (AvgIpc) is 3.25. The van der Waals surface area contributed by atoms with Crippen molar-refractivity contribution < 1.29 is 9.47 Å². The van der Waals surface area contributed by atoms with E-state index < -0.39 is 0 Å². The molecule has 0 saturated heterocycles. The Morgan fingerprint density at radius 3 is 2.83 bits per heavy atom. The third-order valence-electron chi connectivity index (χ3n) is 5.14. The average molecular weight is 329 g/mol. The first-order chi connectivity index (χ1) is 11.7. The standard InChI is InChI=1S/C17H23N5O2/c1-3-18-17(8-6-12(2)7-9-17)16-19-20-21-22(16)13-4-5-14-15(10-13)24-11-23-14/h4-5,10,12,18H,3,6-9,11H2,1-2H3. The van der Waals surface area contributed by atoms with Gasteiger partial charge in [-0.1, -0.05) is 13.8 Å². The van der Waals surface area contributed by atoms with Crippen molar-refractivity contribution in [3.05, 3.63) is 24.0 Å². The third-order valence-corrected chi connectivity index (χ3v) is 5.14. The second kappa shape index (κ2) is 6.05. The number of nitrogens with zero attached hydrogens (tertiary/aromatic N) is 4. The molecule has 0 radical (unpaired) electrons. The summed E-state index contributed by atoms with van der Waals surface area (Å²) in [7, 11) is 0. The molecule has 2 heterocycles. The minimum Gasteiger partial charge on any atom is -0.454 e. The van der Waals surface area contributed by atoms with E-state index in [9.17, 15) is 0 Å². The molecule has 1 aromatic carbocycles. The Hall–Kier alpha value is -2.15. The number of aromatic nitrogens is 4. The largest absolute Gasteiger partial charge is 0.454 e. The summed E-state index contributed by atoms with van der Waals surface area (Å²) in [5.41, 5.74) is 0.733. The van der Waals surface area contributed by atoms with Crippen molar-refractivity contribution in [2.24, 2.45) is 5.92 Å². The summed E-state index contributed by atoms with van der Waals surface area (Å²) in [5.74, 6) is 3.15. The maximum absolute atomic E-state index is 5.49. The van der Waals surface area contributed by atoms with Gasteiger partial charge >= 0.3 is 0 Å². The number of tetrazole rings is 1. The third kappa shape index (κ3) is 2.53. The number of hydrogen-bond donors (Lipinski definition) is 1. The van der Waals surface area contributed by atoms with Crippen molar-refractivity contribution in [2.45, 2.75) is 45.1 Å². The van der Waals surface area contributed by atoms with Crippen LogP contribution in [-0.2, 0) is 5.54 Å². The molecule has 24 heavy (non-hydrogen) atoms. The Bertz CT molecular complexity index is 722. The summed E-state index contributed by atoms with van der Waals surface area (Å²) >= 11 is 0. The first-order valence-corrected chi connectivity index (χ1v) is 8.66. The molecule has 0 amide bonds. The Morgan fingerprint density at radius 2 is 2.04 bits per heavy atom. The lowest BCUT2D eigenvalue weighted by Crippen LogP contribution is -2.47. The fourth-order valence-corrected chi connectivity index (χ4v) is 3.75. The van der Waals surface area contributed by atoms with Crippen molar-refractivity contribution in [1.29, 1.82) is 0 Å². The molecule has 7 heteroatoms. The summed E-state index contributed by atoms with van der Waals surface area (Å²) in [6.07, 6.45) is 4.46. The van der Waals surface area contributed by atoms with Gasteiger partial charge in [0.05, 0.1) is 11.2 Å². The highest BCUT2D eigenvalue weighted by Gasteiger charge is 2.40. The summed E-state index contributed by atoms with van der Waals surface area (Å²) in [5, 5.41) is 16.3. The molecule has 0 atom stereocenters. The molecule has 1 aromatic heterocycles. The van der Waals surface area contributed by atoms with Crippen LogP contribution in [-0.4, -0.2) is 33.5 Å². The van der Waals surface area contributed by atoms with Crippen LogP contribution in [0.5, 0.6) is 11.5 Å². The van der Waals surface area contributed by atoms with Crippen LogP contribution in [0.4, 0.5) is 0 Å². The summed E-state index contributed by atoms with van der Waals surface area (Å²) < 4.78 is 12.7. The molecule has 1 N–H and O–H groups in total. The van der Waals surface area contributed by atoms with Gasteiger partial charge in [-0.15, -0.1) is 5.10 Å². The van der Waals surface area contributed by atoms with E-state index in [2.05, 4.69) is 34.7 Å². The van der Waals surface area contributed by atoms with Crippen LogP contribution in [0.1, 0.15) is 45.4 Å². The normalized spacial score (nSPS) is 25.8. The number of hydrogen-bond acceptors (Lipinski definition) is 6. The molecule has 2 aromatic rings. The Balaban J connectivity index is 1.73. The van der Waals surface area contributed by atoms with Gasteiger partial charge in [0.2, 0.25) is 6.79 Å². The highest BCUT2D eigenvalue weighted by Crippen LogP contribution is 2.40. The van der Waals surface area contributed by atoms with Gasteiger partial charge in [0.1, 0.15) is 0 Å². The topological polar surface area (TPSA) is 74.1 Å². The molecule has 0 unspecified atom stereocenters. The molecule has 0 bridgehead atoms. The quantitative estimate of drug-likeness (QED) is 0.928. The van der Waals surface area contributed by atoms with E-state index in [1.54, 1.807) is 0 Å². The molecular formula is C17H23N5O2. The fourth-order valence-electron chi connectivity index (χ4n) is 3.75. The predicted octanol–water partition coefficient (Wildman–Crippen LogP) is 2.41. The maximum Gasteiger partial charge on any atom is 0.231 e. The summed E-state index contributed by atoms with van der Waals surface area (Å²) in [4.78, 5) is 0. The van der Waals surface area contributed by atoms with Gasteiger partial charge in [0.25, 0.3) is 0 Å². The first-order valence-electron chi connectivity index (χ1n) is 8.66. The second-order valence-corrected chi connectivity index (χ2v) is 6.75. The minimum absolute atomic E-state index is 0.166. The number of fused-ring (bicyclic) bond motifs is 1. The monoisotopic (exact) mass is 329 g/mol. The zero-order valence-corrected chi connectivity index (χ0v) is 14.2. The van der Waals surface area contributed by atoms with Crippen LogP contribution in [0, 0.1) is 5.92 Å². The lowest BCUT2D eigenvalue weighted by molar-refractivity contribution is 0.174.